The molecule has 0 aliphatic heterocycles. The van der Waals surface area contributed by atoms with Crippen molar-refractivity contribution in [2.75, 3.05) is 12.9 Å². The molecule has 1 aromatic carbocycles. The lowest BCUT2D eigenvalue weighted by atomic mass is 10.1. The minimum Gasteiger partial charge on any atom is -0.453 e. The number of thioether (sulfide) groups is 1. The van der Waals surface area contributed by atoms with Crippen LogP contribution in [0.5, 0.6) is 0 Å². The summed E-state index contributed by atoms with van der Waals surface area (Å²) in [5.41, 5.74) is 2.35. The first kappa shape index (κ1) is 18.0. The standard InChI is InChI=1S/C18H19NO4S/c1-10-16(12(3)20)11(2)19-17(10)18(22)23-9-15(21)13-5-7-14(24-4)8-6-13/h5-8,19H,9H2,1-4H3. The number of rotatable bonds is 6. The maximum absolute atomic E-state index is 12.2. The highest BCUT2D eigenvalue weighted by atomic mass is 32.2. The number of Topliss-reactive ketones (excluding diaryl/α,β-unsaturated/α-hetero) is 2. The van der Waals surface area contributed by atoms with Crippen molar-refractivity contribution >= 4 is 29.3 Å². The van der Waals surface area contributed by atoms with Crippen molar-refractivity contribution in [3.8, 4) is 0 Å². The average Bonchev–Trinajstić information content (AvgIpc) is 2.87. The molecule has 0 spiro atoms. The molecule has 1 aromatic heterocycles. The van der Waals surface area contributed by atoms with Crippen LogP contribution in [0.2, 0.25) is 0 Å². The van der Waals surface area contributed by atoms with Crippen molar-refractivity contribution in [2.45, 2.75) is 25.7 Å². The Labute approximate surface area is 144 Å². The highest BCUT2D eigenvalue weighted by molar-refractivity contribution is 7.98. The van der Waals surface area contributed by atoms with Crippen molar-refractivity contribution in [1.29, 1.82) is 0 Å². The number of ether oxygens (including phenoxy) is 1. The number of H-pyrrole nitrogens is 1. The normalized spacial score (nSPS) is 10.5. The Morgan fingerprint density at radius 2 is 1.75 bits per heavy atom. The summed E-state index contributed by atoms with van der Waals surface area (Å²) in [6, 6.07) is 7.11. The lowest BCUT2D eigenvalue weighted by molar-refractivity contribution is 0.0468. The van der Waals surface area contributed by atoms with Crippen molar-refractivity contribution < 1.29 is 19.1 Å². The summed E-state index contributed by atoms with van der Waals surface area (Å²) < 4.78 is 5.09. The number of ketones is 2. The van der Waals surface area contributed by atoms with Crippen molar-refractivity contribution in [1.82, 2.24) is 4.98 Å². The Morgan fingerprint density at radius 3 is 2.25 bits per heavy atom. The van der Waals surface area contributed by atoms with E-state index in [4.69, 9.17) is 4.74 Å². The van der Waals surface area contributed by atoms with E-state index in [1.807, 2.05) is 18.4 Å². The van der Waals surface area contributed by atoms with Crippen LogP contribution >= 0.6 is 11.8 Å². The van der Waals surface area contributed by atoms with Gasteiger partial charge in [0.05, 0.1) is 0 Å². The number of esters is 1. The van der Waals surface area contributed by atoms with Gasteiger partial charge in [-0.25, -0.2) is 4.79 Å². The monoisotopic (exact) mass is 345 g/mol. The van der Waals surface area contributed by atoms with Gasteiger partial charge in [-0.3, -0.25) is 9.59 Å². The fourth-order valence-electron chi connectivity index (χ4n) is 2.55. The number of nitrogens with one attached hydrogen (secondary N) is 1. The second kappa shape index (κ2) is 7.49. The highest BCUT2D eigenvalue weighted by Gasteiger charge is 2.21. The van der Waals surface area contributed by atoms with Gasteiger partial charge in [-0.1, -0.05) is 12.1 Å². The smallest absolute Gasteiger partial charge is 0.355 e. The first-order valence-corrected chi connectivity index (χ1v) is 8.62. The molecule has 0 unspecified atom stereocenters. The Kier molecular flexibility index (Phi) is 5.62. The van der Waals surface area contributed by atoms with Gasteiger partial charge in [-0.2, -0.15) is 0 Å². The van der Waals surface area contributed by atoms with Gasteiger partial charge >= 0.3 is 5.97 Å². The van der Waals surface area contributed by atoms with Crippen molar-refractivity contribution in [2.24, 2.45) is 0 Å². The van der Waals surface area contributed by atoms with Crippen LogP contribution in [0.4, 0.5) is 0 Å². The van der Waals surface area contributed by atoms with Crippen molar-refractivity contribution in [3.63, 3.8) is 0 Å². The van der Waals surface area contributed by atoms with Gasteiger partial charge < -0.3 is 9.72 Å². The van der Waals surface area contributed by atoms with Gasteiger partial charge in [-0.15, -0.1) is 11.8 Å². The van der Waals surface area contributed by atoms with E-state index in [-0.39, 0.29) is 23.9 Å². The van der Waals surface area contributed by atoms with Crippen LogP contribution in [0.25, 0.3) is 0 Å². The van der Waals surface area contributed by atoms with Gasteiger partial charge in [-0.05, 0) is 44.7 Å². The van der Waals surface area contributed by atoms with E-state index in [0.717, 1.165) is 4.90 Å². The van der Waals surface area contributed by atoms with E-state index < -0.39 is 5.97 Å². The molecule has 0 atom stereocenters. The van der Waals surface area contributed by atoms with Crippen LogP contribution in [0.3, 0.4) is 0 Å². The Morgan fingerprint density at radius 1 is 1.12 bits per heavy atom. The molecule has 126 valence electrons. The van der Waals surface area contributed by atoms with E-state index in [2.05, 4.69) is 4.98 Å². The molecule has 2 rings (SSSR count). The summed E-state index contributed by atoms with van der Waals surface area (Å²) in [5, 5.41) is 0. The molecule has 0 aliphatic carbocycles. The molecule has 2 aromatic rings. The summed E-state index contributed by atoms with van der Waals surface area (Å²) in [5.74, 6) is -1.04. The fraction of sp³-hybridized carbons (Fsp3) is 0.278. The van der Waals surface area contributed by atoms with Crippen LogP contribution in [0, 0.1) is 13.8 Å². The minimum absolute atomic E-state index is 0.120. The molecular formula is C18H19NO4S. The summed E-state index contributed by atoms with van der Waals surface area (Å²) in [6.45, 7) is 4.50. The Hall–Kier alpha value is -2.34. The first-order chi connectivity index (χ1) is 11.3. The van der Waals surface area contributed by atoms with Gasteiger partial charge in [0.25, 0.3) is 0 Å². The number of hydrogen-bond acceptors (Lipinski definition) is 5. The Bertz CT molecular complexity index is 790. The third-order valence-electron chi connectivity index (χ3n) is 3.74. The summed E-state index contributed by atoms with van der Waals surface area (Å²) in [4.78, 5) is 39.8. The fourth-order valence-corrected chi connectivity index (χ4v) is 2.95. The summed E-state index contributed by atoms with van der Waals surface area (Å²) in [6.07, 6.45) is 1.95. The molecule has 0 amide bonds. The van der Waals surface area contributed by atoms with Crippen LogP contribution in [0.1, 0.15) is 49.4 Å². The average molecular weight is 345 g/mol. The molecule has 0 saturated heterocycles. The first-order valence-electron chi connectivity index (χ1n) is 7.39. The minimum atomic E-state index is -0.641. The van der Waals surface area contributed by atoms with Crippen LogP contribution in [-0.4, -0.2) is 35.4 Å². The topological polar surface area (TPSA) is 76.2 Å². The van der Waals surface area contributed by atoms with Crippen LogP contribution in [0.15, 0.2) is 29.2 Å². The molecule has 6 heteroatoms. The van der Waals surface area contributed by atoms with E-state index >= 15 is 0 Å². The second-order valence-corrected chi connectivity index (χ2v) is 6.29. The number of hydrogen-bond donors (Lipinski definition) is 1. The molecule has 0 fully saturated rings. The second-order valence-electron chi connectivity index (χ2n) is 5.41. The van der Waals surface area contributed by atoms with Gasteiger partial charge in [0, 0.05) is 21.7 Å². The van der Waals surface area contributed by atoms with Gasteiger partial charge in [0.1, 0.15) is 5.69 Å². The third kappa shape index (κ3) is 3.76. The molecule has 24 heavy (non-hydrogen) atoms. The molecule has 1 heterocycles. The summed E-state index contributed by atoms with van der Waals surface area (Å²) in [7, 11) is 0. The number of carbonyl (C=O) groups is 3. The molecule has 0 radical (unpaired) electrons. The Balaban J connectivity index is 2.06. The number of aryl methyl sites for hydroxylation is 1. The lowest BCUT2D eigenvalue weighted by Gasteiger charge is -2.05. The lowest BCUT2D eigenvalue weighted by Crippen LogP contribution is -2.15. The predicted molar refractivity (Wildman–Crippen MR) is 93.1 cm³/mol. The van der Waals surface area contributed by atoms with E-state index in [1.54, 1.807) is 37.7 Å². The predicted octanol–water partition coefficient (Wildman–Crippen LogP) is 3.60. The largest absolute Gasteiger partial charge is 0.453 e. The highest BCUT2D eigenvalue weighted by Crippen LogP contribution is 2.19. The number of aromatic amines is 1. The van der Waals surface area contributed by atoms with Crippen LogP contribution in [-0.2, 0) is 4.74 Å². The van der Waals surface area contributed by atoms with Gasteiger partial charge in [0.2, 0.25) is 0 Å². The van der Waals surface area contributed by atoms with E-state index in [9.17, 15) is 14.4 Å². The quantitative estimate of drug-likeness (QED) is 0.492. The number of benzene rings is 1. The van der Waals surface area contributed by atoms with E-state index in [1.165, 1.54) is 6.92 Å². The molecular weight excluding hydrogens is 326 g/mol. The molecule has 0 aliphatic rings. The summed E-state index contributed by atoms with van der Waals surface area (Å²) >= 11 is 1.58. The third-order valence-corrected chi connectivity index (χ3v) is 4.48. The van der Waals surface area contributed by atoms with E-state index in [0.29, 0.717) is 22.4 Å². The molecule has 0 bridgehead atoms. The zero-order valence-corrected chi connectivity index (χ0v) is 14.9. The molecule has 0 saturated carbocycles. The maximum Gasteiger partial charge on any atom is 0.355 e. The molecule has 5 nitrogen and oxygen atoms in total. The van der Waals surface area contributed by atoms with Crippen LogP contribution < -0.4 is 0 Å². The number of aromatic nitrogens is 1. The van der Waals surface area contributed by atoms with Gasteiger partial charge in [0.15, 0.2) is 18.2 Å². The molecule has 1 N–H and O–H groups in total. The SMILES string of the molecule is CSc1ccc(C(=O)COC(=O)c2[nH]c(C)c(C(C)=O)c2C)cc1. The zero-order valence-electron chi connectivity index (χ0n) is 14.1. The maximum atomic E-state index is 12.2. The zero-order chi connectivity index (χ0) is 17.9. The van der Waals surface area contributed by atoms with Crippen molar-refractivity contribution in [3.05, 3.63) is 52.3 Å². The number of carbonyl (C=O) groups excluding carboxylic acids is 3.